The van der Waals surface area contributed by atoms with Crippen LogP contribution in [-0.4, -0.2) is 53.9 Å². The van der Waals surface area contributed by atoms with Crippen molar-refractivity contribution in [2.75, 3.05) is 26.2 Å². The van der Waals surface area contributed by atoms with Gasteiger partial charge in [0.2, 0.25) is 0 Å². The maximum absolute atomic E-state index is 13.7. The number of piperidine rings is 1. The second-order valence-corrected chi connectivity index (χ2v) is 12.9. The number of aryl methyl sites for hydroxylation is 1. The van der Waals surface area contributed by atoms with Gasteiger partial charge < -0.3 is 15.2 Å². The van der Waals surface area contributed by atoms with Gasteiger partial charge in [-0.3, -0.25) is 4.48 Å². The van der Waals surface area contributed by atoms with E-state index < -0.39 is 6.10 Å². The summed E-state index contributed by atoms with van der Waals surface area (Å²) in [7, 11) is 0. The molecule has 2 heterocycles. The van der Waals surface area contributed by atoms with E-state index in [2.05, 4.69) is 54.7 Å². The number of nitrogens with one attached hydrogen (secondary N) is 1. The molecule has 2 aliphatic heterocycles. The zero-order valence-electron chi connectivity index (χ0n) is 24.8. The molecule has 0 radical (unpaired) electrons. The van der Waals surface area contributed by atoms with Gasteiger partial charge in [0.15, 0.2) is 0 Å². The Balaban J connectivity index is 1.36. The topological polar surface area (TPSA) is 58.6 Å². The minimum Gasteiger partial charge on any atom is -0.493 e. The van der Waals surface area contributed by atoms with Gasteiger partial charge >= 0.3 is 5.91 Å². The van der Waals surface area contributed by atoms with Crippen LogP contribution < -0.4 is 10.1 Å². The number of carbonyl (C=O) groups excluding carboxylic acids is 1. The van der Waals surface area contributed by atoms with Gasteiger partial charge in [-0.25, -0.2) is 4.79 Å². The number of hydrogen-bond acceptors (Lipinski definition) is 4. The van der Waals surface area contributed by atoms with Crippen molar-refractivity contribution in [3.63, 3.8) is 0 Å². The third kappa shape index (κ3) is 6.80. The highest BCUT2D eigenvalue weighted by Gasteiger charge is 2.49. The Bertz CT molecular complexity index is 1100. The average Bonchev–Trinajstić information content (AvgIpc) is 2.99. The van der Waals surface area contributed by atoms with Crippen LogP contribution in [0.4, 0.5) is 0 Å². The van der Waals surface area contributed by atoms with Crippen molar-refractivity contribution in [2.24, 2.45) is 11.8 Å². The second kappa shape index (κ2) is 13.6. The van der Waals surface area contributed by atoms with Crippen LogP contribution in [0.1, 0.15) is 94.4 Å². The molecule has 5 heteroatoms. The summed E-state index contributed by atoms with van der Waals surface area (Å²) < 4.78 is 6.37. The first-order valence-corrected chi connectivity index (χ1v) is 16.1. The Kier molecular flexibility index (Phi) is 9.98. The smallest absolute Gasteiger partial charge is 0.310 e. The van der Waals surface area contributed by atoms with Crippen molar-refractivity contribution in [1.29, 1.82) is 0 Å². The summed E-state index contributed by atoms with van der Waals surface area (Å²) in [4.78, 5) is 13.7. The van der Waals surface area contributed by atoms with E-state index in [0.29, 0.717) is 30.0 Å². The number of likely N-dealkylation sites (tertiary alicyclic amines) is 1. The van der Waals surface area contributed by atoms with Gasteiger partial charge in [-0.2, -0.15) is 0 Å². The van der Waals surface area contributed by atoms with Crippen molar-refractivity contribution in [2.45, 2.75) is 103 Å². The number of ether oxygens (including phenoxy) is 1. The lowest BCUT2D eigenvalue weighted by molar-refractivity contribution is -0.891. The summed E-state index contributed by atoms with van der Waals surface area (Å²) in [6.07, 6.45) is 12.3. The van der Waals surface area contributed by atoms with Crippen LogP contribution >= 0.6 is 0 Å². The van der Waals surface area contributed by atoms with Crippen LogP contribution in [0.5, 0.6) is 5.75 Å². The molecule has 2 N–H and O–H groups in total. The number of fused-ring (bicyclic) bond motifs is 1. The van der Waals surface area contributed by atoms with E-state index in [1.165, 1.54) is 61.6 Å². The standard InChI is InChI=1S/C35H51N2O3/c1-3-27-16-17-35-31(22-27)32(18-20-40-35)36-24-34(39)33(23-29-13-8-5-9-14-29)37(26(2)38)19-10-15-30(25-37)21-28-11-6-4-7-12-28/h5,8-9,13-14,16-17,22,28,30,32-34,36,39H,3-4,6-7,10-12,15,18-21,23-25H2,1-2H3/q+1/t30?,32?,33-,34+,37?/m0/s1. The van der Waals surface area contributed by atoms with Gasteiger partial charge in [0.25, 0.3) is 0 Å². The number of carbonyl (C=O) groups is 1. The van der Waals surface area contributed by atoms with Crippen LogP contribution in [0.25, 0.3) is 0 Å². The zero-order valence-corrected chi connectivity index (χ0v) is 24.8. The molecule has 1 amide bonds. The SMILES string of the molecule is CCc1ccc2c(c1)C(NC[C@@H](O)[C@H](Cc1ccccc1)[N+]1(C(C)=O)CCCC(CC3CCCCC3)C1)CCO2. The molecule has 0 spiro atoms. The van der Waals surface area contributed by atoms with Crippen LogP contribution in [0.15, 0.2) is 48.5 Å². The average molecular weight is 548 g/mol. The van der Waals surface area contributed by atoms with Gasteiger partial charge in [-0.1, -0.05) is 81.5 Å². The van der Waals surface area contributed by atoms with Gasteiger partial charge in [0, 0.05) is 36.9 Å². The Morgan fingerprint density at radius 1 is 1.00 bits per heavy atom. The van der Waals surface area contributed by atoms with E-state index in [1.807, 2.05) is 6.07 Å². The quantitative estimate of drug-likeness (QED) is 0.339. The largest absolute Gasteiger partial charge is 0.493 e. The zero-order chi connectivity index (χ0) is 28.0. The molecule has 5 atom stereocenters. The molecule has 0 bridgehead atoms. The first kappa shape index (κ1) is 29.3. The van der Waals surface area contributed by atoms with E-state index in [1.54, 1.807) is 6.92 Å². The van der Waals surface area contributed by atoms with E-state index in [9.17, 15) is 9.90 Å². The molecule has 1 aliphatic carbocycles. The maximum atomic E-state index is 13.7. The maximum Gasteiger partial charge on any atom is 0.310 e. The summed E-state index contributed by atoms with van der Waals surface area (Å²) >= 11 is 0. The lowest BCUT2D eigenvalue weighted by Gasteiger charge is -2.49. The third-order valence-electron chi connectivity index (χ3n) is 10.2. The van der Waals surface area contributed by atoms with Crippen LogP contribution in [0.3, 0.4) is 0 Å². The number of aliphatic hydroxyl groups excluding tert-OH is 1. The highest BCUT2D eigenvalue weighted by molar-refractivity contribution is 5.66. The highest BCUT2D eigenvalue weighted by Crippen LogP contribution is 2.37. The highest BCUT2D eigenvalue weighted by atomic mass is 16.5. The fraction of sp³-hybridized carbons (Fsp3) is 0.629. The molecular formula is C35H51N2O3+. The fourth-order valence-corrected chi connectivity index (χ4v) is 7.98. The lowest BCUT2D eigenvalue weighted by Crippen LogP contribution is -2.67. The van der Waals surface area contributed by atoms with Gasteiger partial charge in [-0.05, 0) is 48.8 Å². The minimum atomic E-state index is -0.627. The monoisotopic (exact) mass is 547 g/mol. The van der Waals surface area contributed by atoms with Crippen LogP contribution in [-0.2, 0) is 17.6 Å². The number of aliphatic hydroxyl groups is 1. The molecule has 3 aliphatic rings. The predicted molar refractivity (Wildman–Crippen MR) is 161 cm³/mol. The first-order chi connectivity index (χ1) is 19.5. The molecule has 5 rings (SSSR count). The van der Waals surface area contributed by atoms with E-state index in [-0.39, 0.29) is 18.0 Å². The van der Waals surface area contributed by atoms with Crippen molar-refractivity contribution < 1.29 is 19.1 Å². The predicted octanol–water partition coefficient (Wildman–Crippen LogP) is 6.38. The Labute approximate surface area is 241 Å². The number of rotatable bonds is 10. The molecule has 0 aromatic heterocycles. The Hall–Kier alpha value is -2.21. The Morgan fingerprint density at radius 3 is 2.52 bits per heavy atom. The fourth-order valence-electron chi connectivity index (χ4n) is 7.98. The van der Waals surface area contributed by atoms with Gasteiger partial charge in [0.05, 0.1) is 26.6 Å². The summed E-state index contributed by atoms with van der Waals surface area (Å²) in [5.41, 5.74) is 3.69. The van der Waals surface area contributed by atoms with Crippen LogP contribution in [0.2, 0.25) is 0 Å². The van der Waals surface area contributed by atoms with Crippen molar-refractivity contribution >= 4 is 5.91 Å². The van der Waals surface area contributed by atoms with E-state index in [0.717, 1.165) is 44.0 Å². The molecule has 40 heavy (non-hydrogen) atoms. The second-order valence-electron chi connectivity index (χ2n) is 12.9. The van der Waals surface area contributed by atoms with E-state index >= 15 is 0 Å². The molecule has 3 unspecified atom stereocenters. The summed E-state index contributed by atoms with van der Waals surface area (Å²) in [6.45, 7) is 6.82. The number of benzene rings is 2. The molecule has 1 saturated heterocycles. The van der Waals surface area contributed by atoms with Crippen molar-refractivity contribution in [1.82, 2.24) is 5.32 Å². The molecule has 5 nitrogen and oxygen atoms in total. The van der Waals surface area contributed by atoms with Gasteiger partial charge in [0.1, 0.15) is 17.9 Å². The first-order valence-electron chi connectivity index (χ1n) is 16.1. The minimum absolute atomic E-state index is 0.147. The molecule has 1 saturated carbocycles. The van der Waals surface area contributed by atoms with Crippen molar-refractivity contribution in [3.05, 3.63) is 65.2 Å². The number of hydrogen-bond donors (Lipinski definition) is 2. The normalized spacial score (nSPS) is 26.9. The number of quaternary nitrogens is 1. The van der Waals surface area contributed by atoms with Crippen molar-refractivity contribution in [3.8, 4) is 5.75 Å². The summed E-state index contributed by atoms with van der Waals surface area (Å²) in [5, 5.41) is 15.7. The lowest BCUT2D eigenvalue weighted by atomic mass is 9.79. The molecule has 2 aromatic rings. The van der Waals surface area contributed by atoms with Crippen LogP contribution in [0, 0.1) is 11.8 Å². The van der Waals surface area contributed by atoms with Gasteiger partial charge in [-0.15, -0.1) is 0 Å². The molecule has 2 fully saturated rings. The molecule has 218 valence electrons. The molecular weight excluding hydrogens is 496 g/mol. The van der Waals surface area contributed by atoms with E-state index in [4.69, 9.17) is 4.74 Å². The molecule has 2 aromatic carbocycles. The Morgan fingerprint density at radius 2 is 1.77 bits per heavy atom. The number of amides is 1. The third-order valence-corrected chi connectivity index (χ3v) is 10.2. The summed E-state index contributed by atoms with van der Waals surface area (Å²) in [5.74, 6) is 2.54. The number of nitrogens with zero attached hydrogens (tertiary/aromatic N) is 1. The summed E-state index contributed by atoms with van der Waals surface area (Å²) in [6, 6.07) is 17.0.